The number of hydrogen-bond acceptors (Lipinski definition) is 6. The number of hydrogen-bond donors (Lipinski definition) is 1. The van der Waals surface area contributed by atoms with Gasteiger partial charge in [-0.15, -0.1) is 0 Å². The van der Waals surface area contributed by atoms with Gasteiger partial charge in [0.1, 0.15) is 23.7 Å². The number of ether oxygens (including phenoxy) is 3. The second kappa shape index (κ2) is 7.59. The molecule has 6 nitrogen and oxygen atoms in total. The van der Waals surface area contributed by atoms with E-state index in [0.717, 1.165) is 5.56 Å². The van der Waals surface area contributed by atoms with Crippen molar-refractivity contribution in [2.75, 3.05) is 0 Å². The van der Waals surface area contributed by atoms with Crippen LogP contribution in [-0.2, 0) is 20.9 Å². The molecule has 0 amide bonds. The molecule has 1 heterocycles. The maximum Gasteiger partial charge on any atom is 0.345 e. The molecule has 0 spiro atoms. The Labute approximate surface area is 154 Å². The highest BCUT2D eigenvalue weighted by atomic mass is 35.5. The third-order valence-corrected chi connectivity index (χ3v) is 3.81. The van der Waals surface area contributed by atoms with E-state index in [1.807, 2.05) is 0 Å². The molecule has 0 radical (unpaired) electrons. The summed E-state index contributed by atoms with van der Waals surface area (Å²) in [4.78, 5) is 23.3. The van der Waals surface area contributed by atoms with E-state index in [1.54, 1.807) is 36.4 Å². The minimum atomic E-state index is -1.45. The summed E-state index contributed by atoms with van der Waals surface area (Å²) in [5.41, 5.74) is 1.23. The zero-order valence-electron chi connectivity index (χ0n) is 13.8. The van der Waals surface area contributed by atoms with Crippen molar-refractivity contribution in [3.63, 3.8) is 0 Å². The molecule has 1 atom stereocenters. The lowest BCUT2D eigenvalue weighted by atomic mass is 10.0. The van der Waals surface area contributed by atoms with Crippen LogP contribution in [0.4, 0.5) is 0 Å². The van der Waals surface area contributed by atoms with Gasteiger partial charge in [-0.2, -0.15) is 0 Å². The van der Waals surface area contributed by atoms with Gasteiger partial charge in [-0.1, -0.05) is 23.7 Å². The highest BCUT2D eigenvalue weighted by Crippen LogP contribution is 2.31. The minimum Gasteiger partial charge on any atom is -0.461 e. The van der Waals surface area contributed by atoms with E-state index in [9.17, 15) is 14.7 Å². The summed E-state index contributed by atoms with van der Waals surface area (Å²) in [5, 5.41) is 10.5. The lowest BCUT2D eigenvalue weighted by molar-refractivity contribution is -0.142. The van der Waals surface area contributed by atoms with Crippen molar-refractivity contribution < 1.29 is 28.9 Å². The Kier molecular flexibility index (Phi) is 5.25. The van der Waals surface area contributed by atoms with Crippen molar-refractivity contribution in [3.8, 4) is 11.5 Å². The van der Waals surface area contributed by atoms with Gasteiger partial charge < -0.3 is 19.3 Å². The molecule has 2 aromatic carbocycles. The summed E-state index contributed by atoms with van der Waals surface area (Å²) in [6.07, 6.45) is 0.0293. The summed E-state index contributed by atoms with van der Waals surface area (Å²) in [6, 6.07) is 11.4. The summed E-state index contributed by atoms with van der Waals surface area (Å²) in [5.74, 6) is -0.486. The monoisotopic (exact) mass is 374 g/mol. The van der Waals surface area contributed by atoms with Crippen LogP contribution in [-0.4, -0.2) is 23.3 Å². The van der Waals surface area contributed by atoms with Crippen molar-refractivity contribution in [1.29, 1.82) is 0 Å². The predicted molar refractivity (Wildman–Crippen MR) is 93.6 cm³/mol. The van der Waals surface area contributed by atoms with Gasteiger partial charge in [0.05, 0.1) is 0 Å². The quantitative estimate of drug-likeness (QED) is 0.654. The van der Waals surface area contributed by atoms with E-state index in [2.05, 4.69) is 0 Å². The molecule has 0 saturated heterocycles. The molecular formula is C19H15ClO6. The number of halogens is 1. The number of benzene rings is 2. The Morgan fingerprint density at radius 3 is 2.77 bits per heavy atom. The van der Waals surface area contributed by atoms with E-state index in [4.69, 9.17) is 25.8 Å². The van der Waals surface area contributed by atoms with Gasteiger partial charge in [0, 0.05) is 17.5 Å². The summed E-state index contributed by atoms with van der Waals surface area (Å²) in [6.45, 7) is 1.42. The maximum atomic E-state index is 12.4. The van der Waals surface area contributed by atoms with Crippen molar-refractivity contribution in [1.82, 2.24) is 0 Å². The fourth-order valence-electron chi connectivity index (χ4n) is 2.37. The number of esters is 2. The molecule has 0 aliphatic carbocycles. The Bertz CT molecular complexity index is 889. The SMILES string of the molecule is CC(=O)OCc1ccc2c(c1)C=C(C(=O)Oc1cccc(Cl)c1)C(O)O2. The number of fused-ring (bicyclic) bond motifs is 1. The van der Waals surface area contributed by atoms with Crippen LogP contribution in [0.3, 0.4) is 0 Å². The number of aliphatic hydroxyl groups excluding tert-OH is 1. The summed E-state index contributed by atoms with van der Waals surface area (Å²) < 4.78 is 15.5. The van der Waals surface area contributed by atoms with Crippen LogP contribution < -0.4 is 9.47 Å². The van der Waals surface area contributed by atoms with Crippen molar-refractivity contribution in [3.05, 3.63) is 64.2 Å². The zero-order chi connectivity index (χ0) is 18.7. The Hall–Kier alpha value is -2.83. The first-order chi connectivity index (χ1) is 12.4. The standard InChI is InChI=1S/C19H15ClO6/c1-11(21)24-10-12-5-6-17-13(7-12)8-16(19(23)26-17)18(22)25-15-4-2-3-14(20)9-15/h2-9,19,23H,10H2,1H3. The second-order valence-corrected chi connectivity index (χ2v) is 6.01. The molecule has 0 saturated carbocycles. The first kappa shape index (κ1) is 18.0. The normalized spacial score (nSPS) is 15.3. The van der Waals surface area contributed by atoms with Crippen molar-refractivity contribution >= 4 is 29.6 Å². The molecule has 134 valence electrons. The summed E-state index contributed by atoms with van der Waals surface area (Å²) >= 11 is 5.86. The topological polar surface area (TPSA) is 82.1 Å². The third kappa shape index (κ3) is 4.22. The molecule has 0 fully saturated rings. The lowest BCUT2D eigenvalue weighted by Crippen LogP contribution is -2.29. The van der Waals surface area contributed by atoms with Crippen molar-refractivity contribution in [2.45, 2.75) is 19.8 Å². The van der Waals surface area contributed by atoms with Crippen LogP contribution in [0.1, 0.15) is 18.1 Å². The summed E-state index contributed by atoms with van der Waals surface area (Å²) in [7, 11) is 0. The van der Waals surface area contributed by atoms with E-state index in [-0.39, 0.29) is 17.9 Å². The van der Waals surface area contributed by atoms with E-state index in [0.29, 0.717) is 16.3 Å². The van der Waals surface area contributed by atoms with Crippen LogP contribution in [0.5, 0.6) is 11.5 Å². The fourth-order valence-corrected chi connectivity index (χ4v) is 2.55. The Morgan fingerprint density at radius 1 is 1.23 bits per heavy atom. The van der Waals surface area contributed by atoms with Crippen LogP contribution in [0.15, 0.2) is 48.0 Å². The lowest BCUT2D eigenvalue weighted by Gasteiger charge is -2.22. The molecular weight excluding hydrogens is 360 g/mol. The smallest absolute Gasteiger partial charge is 0.345 e. The number of carbonyl (C=O) groups excluding carboxylic acids is 2. The highest BCUT2D eigenvalue weighted by Gasteiger charge is 2.27. The average molecular weight is 375 g/mol. The molecule has 1 aliphatic rings. The Balaban J connectivity index is 1.82. The molecule has 1 N–H and O–H groups in total. The van der Waals surface area contributed by atoms with Gasteiger partial charge in [0.15, 0.2) is 0 Å². The molecule has 7 heteroatoms. The van der Waals surface area contributed by atoms with Gasteiger partial charge in [0.25, 0.3) is 0 Å². The molecule has 3 rings (SSSR count). The van der Waals surface area contributed by atoms with E-state index >= 15 is 0 Å². The van der Waals surface area contributed by atoms with E-state index in [1.165, 1.54) is 19.1 Å². The molecule has 0 aromatic heterocycles. The molecule has 1 unspecified atom stereocenters. The zero-order valence-corrected chi connectivity index (χ0v) is 14.5. The highest BCUT2D eigenvalue weighted by molar-refractivity contribution is 6.30. The van der Waals surface area contributed by atoms with Gasteiger partial charge in [-0.05, 0) is 42.0 Å². The predicted octanol–water partition coefficient (Wildman–Crippen LogP) is 3.10. The molecule has 1 aliphatic heterocycles. The van der Waals surface area contributed by atoms with Gasteiger partial charge in [0.2, 0.25) is 6.29 Å². The average Bonchev–Trinajstić information content (AvgIpc) is 2.59. The molecule has 2 aromatic rings. The van der Waals surface area contributed by atoms with Crippen molar-refractivity contribution in [2.24, 2.45) is 0 Å². The fraction of sp³-hybridized carbons (Fsp3) is 0.158. The van der Waals surface area contributed by atoms with Gasteiger partial charge in [-0.25, -0.2) is 4.79 Å². The first-order valence-corrected chi connectivity index (χ1v) is 8.10. The van der Waals surface area contributed by atoms with E-state index < -0.39 is 18.2 Å². The van der Waals surface area contributed by atoms with Crippen LogP contribution in [0, 0.1) is 0 Å². The maximum absolute atomic E-state index is 12.4. The number of carbonyl (C=O) groups is 2. The number of rotatable bonds is 4. The van der Waals surface area contributed by atoms with Crippen LogP contribution >= 0.6 is 11.6 Å². The van der Waals surface area contributed by atoms with Crippen LogP contribution in [0.25, 0.3) is 6.08 Å². The van der Waals surface area contributed by atoms with Crippen LogP contribution in [0.2, 0.25) is 5.02 Å². The van der Waals surface area contributed by atoms with Gasteiger partial charge >= 0.3 is 11.9 Å². The Morgan fingerprint density at radius 2 is 2.04 bits per heavy atom. The number of aliphatic hydroxyl groups is 1. The largest absolute Gasteiger partial charge is 0.461 e. The minimum absolute atomic E-state index is 0.0536. The second-order valence-electron chi connectivity index (χ2n) is 5.57. The molecule has 26 heavy (non-hydrogen) atoms. The third-order valence-electron chi connectivity index (χ3n) is 3.57. The van der Waals surface area contributed by atoms with Gasteiger partial charge in [-0.3, -0.25) is 4.79 Å². The molecule has 0 bridgehead atoms. The first-order valence-electron chi connectivity index (χ1n) is 7.73.